The number of likely N-dealkylation sites (tertiary alicyclic amines) is 1. The largest absolute Gasteiger partial charge is 0.393 e. The molecule has 1 aliphatic carbocycles. The Bertz CT molecular complexity index is 698. The molecule has 7 nitrogen and oxygen atoms in total. The third-order valence-electron chi connectivity index (χ3n) is 5.73. The molecular formula is C19H27FN4O3. The lowest BCUT2D eigenvalue weighted by molar-refractivity contribution is -0.384. The van der Waals surface area contributed by atoms with E-state index in [0.717, 1.165) is 50.5 Å². The van der Waals surface area contributed by atoms with Gasteiger partial charge in [-0.15, -0.1) is 0 Å². The Labute approximate surface area is 158 Å². The van der Waals surface area contributed by atoms with E-state index in [0.29, 0.717) is 0 Å². The highest BCUT2D eigenvalue weighted by molar-refractivity contribution is 6.01. The fraction of sp³-hybridized carbons (Fsp3) is 0.632. The molecule has 1 amide bonds. The molecule has 0 unspecified atom stereocenters. The maximum atomic E-state index is 13.6. The third kappa shape index (κ3) is 4.94. The number of nitro benzene ring substituents is 1. The van der Waals surface area contributed by atoms with E-state index < -0.39 is 22.3 Å². The molecular weight excluding hydrogens is 351 g/mol. The number of amides is 1. The summed E-state index contributed by atoms with van der Waals surface area (Å²) in [6, 6.07) is 1.66. The molecule has 0 radical (unpaired) electrons. The number of carbonyl (C=O) groups is 1. The van der Waals surface area contributed by atoms with Crippen molar-refractivity contribution in [1.82, 2.24) is 10.2 Å². The summed E-state index contributed by atoms with van der Waals surface area (Å²) in [5.74, 6) is -0.610. The van der Waals surface area contributed by atoms with Crippen molar-refractivity contribution in [3.05, 3.63) is 33.6 Å². The highest BCUT2D eigenvalue weighted by Crippen LogP contribution is 2.28. The molecule has 1 aromatic rings. The molecule has 2 fully saturated rings. The Morgan fingerprint density at radius 3 is 2.52 bits per heavy atom. The van der Waals surface area contributed by atoms with Gasteiger partial charge < -0.3 is 16.0 Å². The van der Waals surface area contributed by atoms with Crippen LogP contribution in [-0.2, 0) is 0 Å². The van der Waals surface area contributed by atoms with E-state index >= 15 is 0 Å². The molecule has 3 N–H and O–H groups in total. The van der Waals surface area contributed by atoms with Crippen LogP contribution < -0.4 is 11.1 Å². The molecule has 2 aliphatic rings. The van der Waals surface area contributed by atoms with Gasteiger partial charge in [0.25, 0.3) is 11.6 Å². The summed E-state index contributed by atoms with van der Waals surface area (Å²) in [7, 11) is 0. The van der Waals surface area contributed by atoms with Crippen molar-refractivity contribution >= 4 is 17.3 Å². The number of hydrogen-bond donors (Lipinski definition) is 2. The van der Waals surface area contributed by atoms with Gasteiger partial charge in [-0.1, -0.05) is 19.3 Å². The highest BCUT2D eigenvalue weighted by atomic mass is 19.1. The fourth-order valence-electron chi connectivity index (χ4n) is 4.20. The molecule has 27 heavy (non-hydrogen) atoms. The van der Waals surface area contributed by atoms with Gasteiger partial charge in [0.05, 0.1) is 16.6 Å². The lowest BCUT2D eigenvalue weighted by atomic mass is 9.88. The lowest BCUT2D eigenvalue weighted by Gasteiger charge is -2.35. The Hall–Kier alpha value is -2.22. The van der Waals surface area contributed by atoms with Crippen LogP contribution in [0.15, 0.2) is 12.1 Å². The molecule has 0 bridgehead atoms. The second kappa shape index (κ2) is 8.65. The average Bonchev–Trinajstić information content (AvgIpc) is 2.65. The molecule has 1 heterocycles. The monoisotopic (exact) mass is 378 g/mol. The van der Waals surface area contributed by atoms with E-state index in [-0.39, 0.29) is 17.3 Å². The summed E-state index contributed by atoms with van der Waals surface area (Å²) in [6.07, 6.45) is 8.27. The molecule has 148 valence electrons. The molecule has 3 rings (SSSR count). The van der Waals surface area contributed by atoms with Crippen molar-refractivity contribution < 1.29 is 14.1 Å². The number of nitro groups is 1. The Morgan fingerprint density at radius 1 is 1.22 bits per heavy atom. The topological polar surface area (TPSA) is 102 Å². The number of nitrogens with two attached hydrogens (primary N) is 1. The number of carbonyl (C=O) groups excluding carboxylic acids is 1. The minimum Gasteiger partial charge on any atom is -0.393 e. The molecule has 1 aromatic carbocycles. The van der Waals surface area contributed by atoms with Crippen LogP contribution in [0, 0.1) is 21.8 Å². The first-order valence-corrected chi connectivity index (χ1v) is 9.70. The van der Waals surface area contributed by atoms with Gasteiger partial charge in [-0.3, -0.25) is 14.9 Å². The zero-order chi connectivity index (χ0) is 19.4. The molecule has 1 saturated heterocycles. The standard InChI is InChI=1S/C19H27FN4O3/c20-14-10-16(18(21)17(11-14)24(26)27)19(25)22-15-6-8-23(9-7-15)12-13-4-2-1-3-5-13/h10-11,13,15H,1-9,12,21H2,(H,22,25). The van der Waals surface area contributed by atoms with Gasteiger partial charge in [0.1, 0.15) is 11.5 Å². The normalized spacial score (nSPS) is 19.7. The quantitative estimate of drug-likeness (QED) is 0.466. The van der Waals surface area contributed by atoms with Gasteiger partial charge in [0, 0.05) is 25.7 Å². The molecule has 1 saturated carbocycles. The number of benzene rings is 1. The molecule has 8 heteroatoms. The average molecular weight is 378 g/mol. The van der Waals surface area contributed by atoms with Crippen molar-refractivity contribution in [2.75, 3.05) is 25.4 Å². The summed E-state index contributed by atoms with van der Waals surface area (Å²) in [4.78, 5) is 25.1. The maximum absolute atomic E-state index is 13.6. The van der Waals surface area contributed by atoms with Crippen molar-refractivity contribution in [1.29, 1.82) is 0 Å². The van der Waals surface area contributed by atoms with E-state index in [2.05, 4.69) is 10.2 Å². The van der Waals surface area contributed by atoms with Crippen LogP contribution >= 0.6 is 0 Å². The van der Waals surface area contributed by atoms with Crippen molar-refractivity contribution in [2.45, 2.75) is 51.0 Å². The minimum absolute atomic E-state index is 0.0261. The second-order valence-corrected chi connectivity index (χ2v) is 7.70. The summed E-state index contributed by atoms with van der Waals surface area (Å²) >= 11 is 0. The summed E-state index contributed by atoms with van der Waals surface area (Å²) < 4.78 is 13.6. The Kier molecular flexibility index (Phi) is 6.26. The summed E-state index contributed by atoms with van der Waals surface area (Å²) in [5, 5.41) is 13.8. The van der Waals surface area contributed by atoms with Crippen molar-refractivity contribution in [2.24, 2.45) is 5.92 Å². The van der Waals surface area contributed by atoms with Gasteiger partial charge in [-0.05, 0) is 37.7 Å². The Morgan fingerprint density at radius 2 is 1.89 bits per heavy atom. The zero-order valence-electron chi connectivity index (χ0n) is 15.5. The number of rotatable bonds is 5. The van der Waals surface area contributed by atoms with E-state index in [4.69, 9.17) is 5.73 Å². The SMILES string of the molecule is Nc1c(C(=O)NC2CCN(CC3CCCCC3)CC2)cc(F)cc1[N+](=O)[O-]. The molecule has 0 atom stereocenters. The number of nitrogens with zero attached hydrogens (tertiary/aromatic N) is 2. The third-order valence-corrected chi connectivity index (χ3v) is 5.73. The van der Waals surface area contributed by atoms with Gasteiger partial charge in [-0.2, -0.15) is 0 Å². The van der Waals surface area contributed by atoms with Crippen LogP contribution in [0.4, 0.5) is 15.8 Å². The second-order valence-electron chi connectivity index (χ2n) is 7.70. The van der Waals surface area contributed by atoms with E-state index in [9.17, 15) is 19.3 Å². The van der Waals surface area contributed by atoms with Crippen molar-refractivity contribution in [3.63, 3.8) is 0 Å². The first kappa shape index (κ1) is 19.5. The number of nitrogen functional groups attached to an aromatic ring is 1. The molecule has 0 aromatic heterocycles. The van der Waals surface area contributed by atoms with Crippen LogP contribution in [0.3, 0.4) is 0 Å². The first-order valence-electron chi connectivity index (χ1n) is 9.70. The fourth-order valence-corrected chi connectivity index (χ4v) is 4.20. The molecule has 0 spiro atoms. The Balaban J connectivity index is 1.54. The van der Waals surface area contributed by atoms with Gasteiger partial charge in [0.15, 0.2) is 0 Å². The van der Waals surface area contributed by atoms with Crippen LogP contribution in [0.1, 0.15) is 55.3 Å². The van der Waals surface area contributed by atoms with Crippen molar-refractivity contribution in [3.8, 4) is 0 Å². The predicted octanol–water partition coefficient (Wildman–Crippen LogP) is 3.09. The maximum Gasteiger partial charge on any atom is 0.295 e. The van der Waals surface area contributed by atoms with Gasteiger partial charge in [0.2, 0.25) is 0 Å². The minimum atomic E-state index is -0.844. The van der Waals surface area contributed by atoms with Gasteiger partial charge in [-0.25, -0.2) is 4.39 Å². The summed E-state index contributed by atoms with van der Waals surface area (Å²) in [5.41, 5.74) is 4.65. The summed E-state index contributed by atoms with van der Waals surface area (Å²) in [6.45, 7) is 2.96. The van der Waals surface area contributed by atoms with Crippen LogP contribution in [0.2, 0.25) is 0 Å². The van der Waals surface area contributed by atoms with Crippen LogP contribution in [0.25, 0.3) is 0 Å². The van der Waals surface area contributed by atoms with E-state index in [1.165, 1.54) is 32.1 Å². The molecule has 1 aliphatic heterocycles. The smallest absolute Gasteiger partial charge is 0.295 e. The zero-order valence-corrected chi connectivity index (χ0v) is 15.5. The lowest BCUT2D eigenvalue weighted by Crippen LogP contribution is -2.46. The predicted molar refractivity (Wildman–Crippen MR) is 101 cm³/mol. The number of anilines is 1. The number of halogens is 1. The van der Waals surface area contributed by atoms with E-state index in [1.54, 1.807) is 0 Å². The van der Waals surface area contributed by atoms with E-state index in [1.807, 2.05) is 0 Å². The number of hydrogen-bond acceptors (Lipinski definition) is 5. The van der Waals surface area contributed by atoms with Gasteiger partial charge >= 0.3 is 0 Å². The first-order chi connectivity index (χ1) is 12.9. The highest BCUT2D eigenvalue weighted by Gasteiger charge is 2.26. The van der Waals surface area contributed by atoms with Crippen LogP contribution in [-0.4, -0.2) is 41.4 Å². The van der Waals surface area contributed by atoms with Crippen LogP contribution in [0.5, 0.6) is 0 Å². The number of piperidine rings is 1. The number of nitrogens with one attached hydrogen (secondary N) is 1.